The Hall–Kier alpha value is -4.15. The summed E-state index contributed by atoms with van der Waals surface area (Å²) in [6.07, 6.45) is 4.37. The van der Waals surface area contributed by atoms with E-state index in [0.29, 0.717) is 30.3 Å². The van der Waals surface area contributed by atoms with Crippen LogP contribution >= 0.6 is 0 Å². The van der Waals surface area contributed by atoms with E-state index in [1.54, 1.807) is 49.5 Å². The zero-order valence-electron chi connectivity index (χ0n) is 18.9. The van der Waals surface area contributed by atoms with E-state index in [1.165, 1.54) is 23.1 Å². The zero-order valence-corrected chi connectivity index (χ0v) is 18.9. The highest BCUT2D eigenvalue weighted by atomic mass is 19.1. The van der Waals surface area contributed by atoms with Crippen molar-refractivity contribution >= 4 is 17.5 Å². The molecule has 0 saturated heterocycles. The first-order chi connectivity index (χ1) is 16.4. The molecule has 11 heteroatoms. The molecule has 180 valence electrons. The number of pyridine rings is 1. The number of amides is 2. The van der Waals surface area contributed by atoms with Gasteiger partial charge in [-0.2, -0.15) is 9.49 Å². The van der Waals surface area contributed by atoms with Crippen LogP contribution in [0.2, 0.25) is 0 Å². The van der Waals surface area contributed by atoms with Gasteiger partial charge in [0.25, 0.3) is 0 Å². The van der Waals surface area contributed by atoms with Crippen LogP contribution in [0.25, 0.3) is 0 Å². The van der Waals surface area contributed by atoms with Crippen LogP contribution in [0.4, 0.5) is 10.1 Å². The minimum absolute atomic E-state index is 0.0195. The normalized spacial score (nSPS) is 10.4. The van der Waals surface area contributed by atoms with Crippen molar-refractivity contribution < 1.29 is 28.2 Å². The second-order valence-electron chi connectivity index (χ2n) is 7.23. The molecule has 0 unspecified atom stereocenters. The molecule has 0 atom stereocenters. The van der Waals surface area contributed by atoms with Gasteiger partial charge in [-0.05, 0) is 30.3 Å². The number of aromatic nitrogens is 3. The summed E-state index contributed by atoms with van der Waals surface area (Å²) in [7, 11) is 3.28. The van der Waals surface area contributed by atoms with Crippen molar-refractivity contribution in [3.05, 3.63) is 60.9 Å². The SMILES string of the molecule is COc1ccc(OCCN(C)C(=O)Cn2cc(NC(=O)CCOc3ccnc(F)c3)cn2)cc1. The highest BCUT2D eigenvalue weighted by molar-refractivity contribution is 5.90. The second-order valence-corrected chi connectivity index (χ2v) is 7.23. The molecule has 0 radical (unpaired) electrons. The van der Waals surface area contributed by atoms with Crippen LogP contribution in [-0.2, 0) is 16.1 Å². The summed E-state index contributed by atoms with van der Waals surface area (Å²) in [5.74, 6) is 0.617. The maximum absolute atomic E-state index is 13.0. The zero-order chi connectivity index (χ0) is 24.3. The summed E-state index contributed by atoms with van der Waals surface area (Å²) in [5, 5.41) is 6.79. The molecule has 0 spiro atoms. The van der Waals surface area contributed by atoms with Gasteiger partial charge in [-0.1, -0.05) is 0 Å². The van der Waals surface area contributed by atoms with E-state index in [-0.39, 0.29) is 31.4 Å². The maximum Gasteiger partial charge on any atom is 0.244 e. The summed E-state index contributed by atoms with van der Waals surface area (Å²) in [6, 6.07) is 9.84. The molecule has 0 fully saturated rings. The lowest BCUT2D eigenvalue weighted by atomic mass is 10.3. The fraction of sp³-hybridized carbons (Fsp3) is 0.304. The number of methoxy groups -OCH3 is 1. The Balaban J connectivity index is 1.36. The van der Waals surface area contributed by atoms with Crippen molar-refractivity contribution in [1.82, 2.24) is 19.7 Å². The van der Waals surface area contributed by atoms with Gasteiger partial charge >= 0.3 is 0 Å². The number of benzene rings is 1. The van der Waals surface area contributed by atoms with Crippen LogP contribution in [0, 0.1) is 5.95 Å². The summed E-state index contributed by atoms with van der Waals surface area (Å²) >= 11 is 0. The fourth-order valence-electron chi connectivity index (χ4n) is 2.83. The smallest absolute Gasteiger partial charge is 0.244 e. The van der Waals surface area contributed by atoms with Gasteiger partial charge in [0, 0.05) is 25.5 Å². The third-order valence-electron chi connectivity index (χ3n) is 4.69. The molecule has 1 aromatic carbocycles. The van der Waals surface area contributed by atoms with Gasteiger partial charge in [0.1, 0.15) is 30.4 Å². The number of likely N-dealkylation sites (N-methyl/N-ethyl adjacent to an activating group) is 1. The number of nitrogens with zero attached hydrogens (tertiary/aromatic N) is 4. The van der Waals surface area contributed by atoms with E-state index in [4.69, 9.17) is 14.2 Å². The lowest BCUT2D eigenvalue weighted by molar-refractivity contribution is -0.131. The molecule has 2 aromatic heterocycles. The number of halogens is 1. The number of carbonyl (C=O) groups is 2. The van der Waals surface area contributed by atoms with E-state index in [0.717, 1.165) is 11.8 Å². The molecule has 3 rings (SSSR count). The molecule has 0 bridgehead atoms. The van der Waals surface area contributed by atoms with E-state index >= 15 is 0 Å². The standard InChI is InChI=1S/C23H26FN5O5/c1-28(10-12-34-19-5-3-18(32-2)4-6-19)23(31)16-29-15-17(14-26-29)27-22(30)8-11-33-20-7-9-25-21(24)13-20/h3-7,9,13-15H,8,10-12,16H2,1-2H3,(H,27,30). The number of rotatable bonds is 12. The quantitative estimate of drug-likeness (QED) is 0.404. The Morgan fingerprint density at radius 1 is 1.09 bits per heavy atom. The lowest BCUT2D eigenvalue weighted by Gasteiger charge is -2.17. The first-order valence-corrected chi connectivity index (χ1v) is 10.5. The van der Waals surface area contributed by atoms with Gasteiger partial charge in [-0.25, -0.2) is 4.98 Å². The van der Waals surface area contributed by atoms with E-state index in [2.05, 4.69) is 15.4 Å². The van der Waals surface area contributed by atoms with E-state index in [9.17, 15) is 14.0 Å². The highest BCUT2D eigenvalue weighted by Gasteiger charge is 2.12. The summed E-state index contributed by atoms with van der Waals surface area (Å²) in [4.78, 5) is 29.5. The van der Waals surface area contributed by atoms with Gasteiger partial charge in [0.15, 0.2) is 0 Å². The second kappa shape index (κ2) is 12.2. The molecule has 2 amide bonds. The molecular formula is C23H26FN5O5. The van der Waals surface area contributed by atoms with Crippen molar-refractivity contribution in [2.24, 2.45) is 0 Å². The van der Waals surface area contributed by atoms with Gasteiger partial charge in [-0.15, -0.1) is 0 Å². The molecule has 0 aliphatic carbocycles. The minimum Gasteiger partial charge on any atom is -0.497 e. The Morgan fingerprint density at radius 3 is 2.56 bits per heavy atom. The molecule has 0 saturated carbocycles. The lowest BCUT2D eigenvalue weighted by Crippen LogP contribution is -2.33. The average molecular weight is 471 g/mol. The average Bonchev–Trinajstić information content (AvgIpc) is 3.26. The van der Waals surface area contributed by atoms with Gasteiger partial charge < -0.3 is 24.4 Å². The maximum atomic E-state index is 13.0. The first kappa shape index (κ1) is 24.5. The van der Waals surface area contributed by atoms with Crippen molar-refractivity contribution in [1.29, 1.82) is 0 Å². The van der Waals surface area contributed by atoms with Gasteiger partial charge in [0.05, 0.1) is 38.6 Å². The van der Waals surface area contributed by atoms with Crippen LogP contribution < -0.4 is 19.5 Å². The number of carbonyl (C=O) groups excluding carboxylic acids is 2. The van der Waals surface area contributed by atoms with Crippen molar-refractivity contribution in [3.8, 4) is 17.2 Å². The summed E-state index contributed by atoms with van der Waals surface area (Å²) in [6.45, 7) is 0.831. The van der Waals surface area contributed by atoms with E-state index in [1.807, 2.05) is 0 Å². The van der Waals surface area contributed by atoms with Crippen LogP contribution in [0.15, 0.2) is 55.0 Å². The third-order valence-corrected chi connectivity index (χ3v) is 4.69. The van der Waals surface area contributed by atoms with Crippen molar-refractivity contribution in [2.75, 3.05) is 39.2 Å². The molecule has 10 nitrogen and oxygen atoms in total. The number of anilines is 1. The van der Waals surface area contributed by atoms with Crippen LogP contribution in [0.3, 0.4) is 0 Å². The number of nitrogens with one attached hydrogen (secondary N) is 1. The molecule has 0 aliphatic rings. The summed E-state index contributed by atoms with van der Waals surface area (Å²) < 4.78 is 30.5. The molecule has 0 aliphatic heterocycles. The van der Waals surface area contributed by atoms with Crippen LogP contribution in [0.1, 0.15) is 6.42 Å². The Bertz CT molecular complexity index is 1090. The molecule has 1 N–H and O–H groups in total. The number of hydrogen-bond acceptors (Lipinski definition) is 7. The monoisotopic (exact) mass is 471 g/mol. The molecule has 2 heterocycles. The fourth-order valence-corrected chi connectivity index (χ4v) is 2.83. The van der Waals surface area contributed by atoms with Crippen molar-refractivity contribution in [2.45, 2.75) is 13.0 Å². The number of hydrogen-bond donors (Lipinski definition) is 1. The van der Waals surface area contributed by atoms with Crippen molar-refractivity contribution in [3.63, 3.8) is 0 Å². The Morgan fingerprint density at radius 2 is 1.82 bits per heavy atom. The molecule has 34 heavy (non-hydrogen) atoms. The minimum atomic E-state index is -0.653. The largest absolute Gasteiger partial charge is 0.497 e. The molecular weight excluding hydrogens is 445 g/mol. The third kappa shape index (κ3) is 7.76. The summed E-state index contributed by atoms with van der Waals surface area (Å²) in [5.41, 5.74) is 0.457. The Labute approximate surface area is 196 Å². The van der Waals surface area contributed by atoms with Crippen LogP contribution in [-0.4, -0.2) is 65.4 Å². The predicted octanol–water partition coefficient (Wildman–Crippen LogP) is 2.37. The topological polar surface area (TPSA) is 108 Å². The molecule has 3 aromatic rings. The Kier molecular flexibility index (Phi) is 8.78. The van der Waals surface area contributed by atoms with Gasteiger partial charge in [-0.3, -0.25) is 14.3 Å². The number of ether oxygens (including phenoxy) is 3. The first-order valence-electron chi connectivity index (χ1n) is 10.5. The van der Waals surface area contributed by atoms with Crippen LogP contribution in [0.5, 0.6) is 17.2 Å². The van der Waals surface area contributed by atoms with E-state index < -0.39 is 5.95 Å². The predicted molar refractivity (Wildman–Crippen MR) is 121 cm³/mol. The van der Waals surface area contributed by atoms with Gasteiger partial charge in [0.2, 0.25) is 17.8 Å². The highest BCUT2D eigenvalue weighted by Crippen LogP contribution is 2.17.